The molecule has 0 fully saturated rings. The third-order valence-electron chi connectivity index (χ3n) is 9.16. The van der Waals surface area contributed by atoms with E-state index in [9.17, 15) is 33.8 Å². The summed E-state index contributed by atoms with van der Waals surface area (Å²) in [5, 5.41) is 19.0. The zero-order chi connectivity index (χ0) is 44.7. The van der Waals surface area contributed by atoms with Crippen molar-refractivity contribution in [1.29, 1.82) is 0 Å². The smallest absolute Gasteiger partial charge is 0.462 e. The average Bonchev–Trinajstić information content (AvgIpc) is 3.18. The molecular formula is C44H80O14P2. The van der Waals surface area contributed by atoms with Gasteiger partial charge in [-0.05, 0) is 70.6 Å². The molecule has 16 heteroatoms. The summed E-state index contributed by atoms with van der Waals surface area (Å²) in [6.07, 6.45) is 35.3. The van der Waals surface area contributed by atoms with Gasteiger partial charge < -0.3 is 34.4 Å². The minimum absolute atomic E-state index is 0.107. The topological polar surface area (TPSA) is 216 Å². The number of aliphatic hydroxyl groups excluding tert-OH is 2. The fraction of sp³-hybridized carbons (Fsp3) is 0.773. The molecule has 14 nitrogen and oxygen atoms in total. The molecule has 0 saturated carbocycles. The van der Waals surface area contributed by atoms with Crippen molar-refractivity contribution in [2.75, 3.05) is 26.4 Å². The number of rotatable bonds is 41. The van der Waals surface area contributed by atoms with Crippen molar-refractivity contribution in [3.63, 3.8) is 0 Å². The standard InChI is InChI=1S/C44H80O14P2/c1-39(2)31-27-23-19-15-11-9-10-14-18-22-26-30-34-44(48)58-42(38-57-60(52,53)56-36-41(46)35-55-59(49,50)51)37-54-43(47)33-29-25-21-17-13-8-6-4-5-7-12-16-20-24-28-32-40(3)45/h5-8,16-17,20-21,39-42,45-46H,4,9-15,18-19,22-38H2,1-3H3,(H,52,53)(H2,49,50,51)/b7-5-,8-6-,20-16-,21-17-/t40-,41+,42-/m1/s1. The summed E-state index contributed by atoms with van der Waals surface area (Å²) >= 11 is 0. The summed E-state index contributed by atoms with van der Waals surface area (Å²) in [5.41, 5.74) is 0. The van der Waals surface area contributed by atoms with E-state index in [1.165, 1.54) is 57.8 Å². The van der Waals surface area contributed by atoms with E-state index in [4.69, 9.17) is 23.8 Å². The van der Waals surface area contributed by atoms with E-state index in [1.807, 2.05) is 12.2 Å². The maximum absolute atomic E-state index is 12.7. The molecule has 0 aromatic carbocycles. The van der Waals surface area contributed by atoms with Gasteiger partial charge in [-0.15, -0.1) is 0 Å². The van der Waals surface area contributed by atoms with Gasteiger partial charge in [0, 0.05) is 12.8 Å². The second kappa shape index (κ2) is 38.7. The number of carbonyl (C=O) groups excluding carboxylic acids is 2. The number of aliphatic hydroxyl groups is 2. The van der Waals surface area contributed by atoms with Gasteiger partial charge in [-0.25, -0.2) is 9.13 Å². The predicted molar refractivity (Wildman–Crippen MR) is 236 cm³/mol. The number of phosphoric ester groups is 2. The Labute approximate surface area is 361 Å². The lowest BCUT2D eigenvalue weighted by Crippen LogP contribution is -2.30. The van der Waals surface area contributed by atoms with Crippen molar-refractivity contribution < 1.29 is 66.7 Å². The first kappa shape index (κ1) is 58.0. The monoisotopic (exact) mass is 895 g/mol. The Morgan fingerprint density at radius 2 is 0.967 bits per heavy atom. The number of phosphoric acid groups is 2. The van der Waals surface area contributed by atoms with Gasteiger partial charge in [-0.3, -0.25) is 23.2 Å². The maximum atomic E-state index is 12.7. The van der Waals surface area contributed by atoms with Gasteiger partial charge in [0.05, 0.1) is 25.9 Å². The van der Waals surface area contributed by atoms with Gasteiger partial charge >= 0.3 is 27.6 Å². The van der Waals surface area contributed by atoms with Crippen LogP contribution in [-0.4, -0.2) is 81.6 Å². The van der Waals surface area contributed by atoms with E-state index in [2.05, 4.69) is 59.4 Å². The van der Waals surface area contributed by atoms with Gasteiger partial charge in [0.25, 0.3) is 0 Å². The summed E-state index contributed by atoms with van der Waals surface area (Å²) in [6, 6.07) is 0. The van der Waals surface area contributed by atoms with E-state index >= 15 is 0 Å². The van der Waals surface area contributed by atoms with Crippen molar-refractivity contribution in [3.8, 4) is 0 Å². The molecule has 0 aliphatic carbocycles. The molecule has 5 N–H and O–H groups in total. The number of hydrogen-bond donors (Lipinski definition) is 5. The van der Waals surface area contributed by atoms with Crippen LogP contribution in [0.2, 0.25) is 0 Å². The highest BCUT2D eigenvalue weighted by Gasteiger charge is 2.28. The quantitative estimate of drug-likeness (QED) is 0.0167. The lowest BCUT2D eigenvalue weighted by atomic mass is 10.0. The van der Waals surface area contributed by atoms with Crippen LogP contribution < -0.4 is 0 Å². The molecule has 0 radical (unpaired) electrons. The Balaban J connectivity index is 4.59. The van der Waals surface area contributed by atoms with Crippen molar-refractivity contribution >= 4 is 27.6 Å². The first-order valence-electron chi connectivity index (χ1n) is 22.2. The van der Waals surface area contributed by atoms with Crippen LogP contribution in [0.4, 0.5) is 0 Å². The van der Waals surface area contributed by atoms with E-state index in [1.54, 1.807) is 6.92 Å². The van der Waals surface area contributed by atoms with E-state index in [0.29, 0.717) is 19.3 Å². The van der Waals surface area contributed by atoms with Crippen molar-refractivity contribution in [2.45, 2.75) is 187 Å². The number of allylic oxidation sites excluding steroid dienone is 8. The van der Waals surface area contributed by atoms with Crippen LogP contribution in [0.15, 0.2) is 48.6 Å². The SMILES string of the molecule is CC(C)CCCCCCCCCCCCCCC(=O)O[C@H](COC(=O)CCC/C=C\C/C=C\C/C=C\C/C=C\CCC[C@@H](C)O)COP(=O)(O)OC[C@@H](O)COP(=O)(O)O. The lowest BCUT2D eigenvalue weighted by molar-refractivity contribution is -0.161. The molecule has 4 atom stereocenters. The third-order valence-corrected chi connectivity index (χ3v) is 10.6. The van der Waals surface area contributed by atoms with Crippen LogP contribution in [0.25, 0.3) is 0 Å². The maximum Gasteiger partial charge on any atom is 0.472 e. The number of esters is 2. The first-order chi connectivity index (χ1) is 28.6. The highest BCUT2D eigenvalue weighted by Crippen LogP contribution is 2.43. The molecule has 0 rings (SSSR count). The van der Waals surface area contributed by atoms with E-state index in [0.717, 1.165) is 63.7 Å². The van der Waals surface area contributed by atoms with Crippen LogP contribution in [0.3, 0.4) is 0 Å². The Bertz CT molecular complexity index is 1280. The molecule has 0 aliphatic rings. The Hall–Kier alpha value is -1.96. The van der Waals surface area contributed by atoms with Crippen molar-refractivity contribution in [1.82, 2.24) is 0 Å². The van der Waals surface area contributed by atoms with Crippen molar-refractivity contribution in [3.05, 3.63) is 48.6 Å². The molecule has 60 heavy (non-hydrogen) atoms. The summed E-state index contributed by atoms with van der Waals surface area (Å²) in [5.74, 6) is -0.327. The molecular weight excluding hydrogens is 814 g/mol. The van der Waals surface area contributed by atoms with Gasteiger partial charge in [-0.1, -0.05) is 140 Å². The number of unbranched alkanes of at least 4 members (excludes halogenated alkanes) is 13. The van der Waals surface area contributed by atoms with Gasteiger partial charge in [0.15, 0.2) is 6.10 Å². The Kier molecular flexibility index (Phi) is 37.4. The van der Waals surface area contributed by atoms with Crippen LogP contribution >= 0.6 is 15.6 Å². The molecule has 1 unspecified atom stereocenters. The second-order valence-electron chi connectivity index (χ2n) is 15.7. The molecule has 0 saturated heterocycles. The van der Waals surface area contributed by atoms with Crippen LogP contribution in [0.1, 0.15) is 168 Å². The molecule has 0 aromatic heterocycles. The summed E-state index contributed by atoms with van der Waals surface area (Å²) in [4.78, 5) is 52.7. The molecule has 0 aromatic rings. The molecule has 0 bridgehead atoms. The van der Waals surface area contributed by atoms with Crippen LogP contribution in [-0.2, 0) is 41.8 Å². The van der Waals surface area contributed by atoms with Gasteiger partial charge in [0.1, 0.15) is 12.7 Å². The van der Waals surface area contributed by atoms with Gasteiger partial charge in [-0.2, -0.15) is 0 Å². The number of carbonyl (C=O) groups is 2. The lowest BCUT2D eigenvalue weighted by Gasteiger charge is -2.20. The van der Waals surface area contributed by atoms with Crippen LogP contribution in [0.5, 0.6) is 0 Å². The Morgan fingerprint density at radius 1 is 0.517 bits per heavy atom. The molecule has 350 valence electrons. The largest absolute Gasteiger partial charge is 0.472 e. The van der Waals surface area contributed by atoms with Crippen molar-refractivity contribution in [2.24, 2.45) is 5.92 Å². The second-order valence-corrected chi connectivity index (χ2v) is 18.4. The van der Waals surface area contributed by atoms with E-state index in [-0.39, 0.29) is 18.9 Å². The molecule has 0 amide bonds. The summed E-state index contributed by atoms with van der Waals surface area (Å²) in [7, 11) is -9.70. The van der Waals surface area contributed by atoms with E-state index < -0.39 is 66.2 Å². The molecule has 0 heterocycles. The molecule has 0 aliphatic heterocycles. The third kappa shape index (κ3) is 44.1. The normalized spacial score (nSPS) is 15.1. The average molecular weight is 895 g/mol. The fourth-order valence-corrected chi connectivity index (χ4v) is 6.93. The highest BCUT2D eigenvalue weighted by molar-refractivity contribution is 7.47. The summed E-state index contributed by atoms with van der Waals surface area (Å²) in [6.45, 7) is 3.56. The number of ether oxygens (including phenoxy) is 2. The summed E-state index contributed by atoms with van der Waals surface area (Å²) < 4.78 is 47.7. The zero-order valence-corrected chi connectivity index (χ0v) is 38.6. The number of hydrogen-bond acceptors (Lipinski definition) is 11. The minimum atomic E-state index is -4.87. The van der Waals surface area contributed by atoms with Gasteiger partial charge in [0.2, 0.25) is 0 Å². The fourth-order valence-electron chi connectivity index (χ4n) is 5.78. The zero-order valence-electron chi connectivity index (χ0n) is 36.8. The highest BCUT2D eigenvalue weighted by atomic mass is 31.2. The Morgan fingerprint density at radius 3 is 1.48 bits per heavy atom. The minimum Gasteiger partial charge on any atom is -0.462 e. The first-order valence-corrected chi connectivity index (χ1v) is 25.2. The molecule has 0 spiro atoms. The van der Waals surface area contributed by atoms with Crippen LogP contribution in [0, 0.1) is 5.92 Å². The predicted octanol–water partition coefficient (Wildman–Crippen LogP) is 10.3.